The van der Waals surface area contributed by atoms with Crippen LogP contribution in [0.4, 0.5) is 0 Å². The van der Waals surface area contributed by atoms with Crippen LogP contribution in [0.15, 0.2) is 41.0 Å². The number of benzene rings is 1. The summed E-state index contributed by atoms with van der Waals surface area (Å²) in [5.74, 6) is 0. The van der Waals surface area contributed by atoms with Gasteiger partial charge in [-0.05, 0) is 40.2 Å². The lowest BCUT2D eigenvalue weighted by atomic mass is 10.1. The Hall–Kier alpha value is -1.07. The molecule has 2 aromatic heterocycles. The molecule has 0 fully saturated rings. The lowest BCUT2D eigenvalue weighted by Crippen LogP contribution is -2.02. The van der Waals surface area contributed by atoms with E-state index >= 15 is 0 Å². The Bertz CT molecular complexity index is 798. The summed E-state index contributed by atoms with van der Waals surface area (Å²) >= 11 is 15.5. The number of pyridine rings is 1. The number of nitrogens with two attached hydrogens (primary N) is 1. The summed E-state index contributed by atoms with van der Waals surface area (Å²) in [7, 11) is 0. The van der Waals surface area contributed by atoms with Crippen molar-refractivity contribution in [3.05, 3.63) is 56.7 Å². The monoisotopic (exact) mass is 369 g/mol. The predicted molar refractivity (Wildman–Crippen MR) is 86.2 cm³/mol. The lowest BCUT2D eigenvalue weighted by Gasteiger charge is -2.04. The van der Waals surface area contributed by atoms with Crippen molar-refractivity contribution in [2.24, 2.45) is 5.73 Å². The minimum Gasteiger partial charge on any atom is -0.325 e. The summed E-state index contributed by atoms with van der Waals surface area (Å²) in [5.41, 5.74) is 9.38. The van der Waals surface area contributed by atoms with Crippen molar-refractivity contribution >= 4 is 44.8 Å². The van der Waals surface area contributed by atoms with Crippen molar-refractivity contribution in [1.82, 2.24) is 9.38 Å². The van der Waals surface area contributed by atoms with Crippen molar-refractivity contribution in [3.8, 4) is 11.3 Å². The second-order valence-corrected chi connectivity index (χ2v) is 6.05. The first-order chi connectivity index (χ1) is 9.60. The number of halogens is 3. The molecule has 3 nitrogen and oxygen atoms in total. The average Bonchev–Trinajstić information content (AvgIpc) is 2.79. The van der Waals surface area contributed by atoms with E-state index in [1.165, 1.54) is 0 Å². The van der Waals surface area contributed by atoms with Crippen molar-refractivity contribution in [2.45, 2.75) is 6.54 Å². The molecular weight excluding hydrogens is 361 g/mol. The van der Waals surface area contributed by atoms with E-state index in [0.717, 1.165) is 27.1 Å². The topological polar surface area (TPSA) is 43.3 Å². The molecule has 3 aromatic rings. The fourth-order valence-electron chi connectivity index (χ4n) is 2.14. The van der Waals surface area contributed by atoms with Gasteiger partial charge in [0.1, 0.15) is 5.65 Å². The minimum absolute atomic E-state index is 0.382. The number of hydrogen-bond donors (Lipinski definition) is 1. The van der Waals surface area contributed by atoms with Crippen LogP contribution in [0.2, 0.25) is 10.0 Å². The standard InChI is InChI=1S/C14H10BrCl2N3/c15-9-2-4-13-19-14(12(6-18)20(13)7-9)8-1-3-10(16)11(17)5-8/h1-5,7H,6,18H2. The Morgan fingerprint density at radius 1 is 1.15 bits per heavy atom. The van der Waals surface area contributed by atoms with Crippen molar-refractivity contribution in [1.29, 1.82) is 0 Å². The number of nitrogens with zero attached hydrogens (tertiary/aromatic N) is 2. The van der Waals surface area contributed by atoms with Crippen LogP contribution in [-0.4, -0.2) is 9.38 Å². The third-order valence-corrected chi connectivity index (χ3v) is 4.28. The lowest BCUT2D eigenvalue weighted by molar-refractivity contribution is 0.959. The summed E-state index contributed by atoms with van der Waals surface area (Å²) in [6.45, 7) is 0.382. The fourth-order valence-corrected chi connectivity index (χ4v) is 2.77. The number of hydrogen-bond acceptors (Lipinski definition) is 2. The van der Waals surface area contributed by atoms with Crippen LogP contribution in [-0.2, 0) is 6.54 Å². The third kappa shape index (κ3) is 2.33. The summed E-state index contributed by atoms with van der Waals surface area (Å²) in [5, 5.41) is 1.03. The number of aromatic nitrogens is 2. The fraction of sp³-hybridized carbons (Fsp3) is 0.0714. The van der Waals surface area contributed by atoms with Gasteiger partial charge in [0.2, 0.25) is 0 Å². The Morgan fingerprint density at radius 2 is 1.95 bits per heavy atom. The molecule has 6 heteroatoms. The van der Waals surface area contributed by atoms with Gasteiger partial charge >= 0.3 is 0 Å². The highest BCUT2D eigenvalue weighted by atomic mass is 79.9. The summed E-state index contributed by atoms with van der Waals surface area (Å²) in [4.78, 5) is 4.63. The van der Waals surface area contributed by atoms with Gasteiger partial charge in [-0.3, -0.25) is 0 Å². The van der Waals surface area contributed by atoms with Gasteiger partial charge in [-0.2, -0.15) is 0 Å². The SMILES string of the molecule is NCc1c(-c2ccc(Cl)c(Cl)c2)nc2ccc(Br)cn12. The van der Waals surface area contributed by atoms with Gasteiger partial charge in [-0.15, -0.1) is 0 Å². The Labute approximate surface area is 134 Å². The number of fused-ring (bicyclic) bond motifs is 1. The molecule has 0 saturated heterocycles. The van der Waals surface area contributed by atoms with E-state index < -0.39 is 0 Å². The van der Waals surface area contributed by atoms with Gasteiger partial charge in [0.15, 0.2) is 0 Å². The maximum Gasteiger partial charge on any atom is 0.137 e. The van der Waals surface area contributed by atoms with Crippen LogP contribution in [0.5, 0.6) is 0 Å². The molecule has 1 aromatic carbocycles. The Morgan fingerprint density at radius 3 is 2.65 bits per heavy atom. The molecular formula is C14H10BrCl2N3. The zero-order valence-corrected chi connectivity index (χ0v) is 13.4. The molecule has 0 unspecified atom stereocenters. The van der Waals surface area contributed by atoms with E-state index in [9.17, 15) is 0 Å². The largest absolute Gasteiger partial charge is 0.325 e. The van der Waals surface area contributed by atoms with Gasteiger partial charge in [0, 0.05) is 22.8 Å². The minimum atomic E-state index is 0.382. The van der Waals surface area contributed by atoms with Crippen LogP contribution in [0.3, 0.4) is 0 Å². The van der Waals surface area contributed by atoms with E-state index in [2.05, 4.69) is 20.9 Å². The summed E-state index contributed by atoms with van der Waals surface area (Å²) in [6, 6.07) is 9.34. The highest BCUT2D eigenvalue weighted by Gasteiger charge is 2.14. The molecule has 0 bridgehead atoms. The van der Waals surface area contributed by atoms with Crippen LogP contribution < -0.4 is 5.73 Å². The molecule has 0 aliphatic carbocycles. The predicted octanol–water partition coefficient (Wildman–Crippen LogP) is 4.53. The highest BCUT2D eigenvalue weighted by Crippen LogP contribution is 2.30. The van der Waals surface area contributed by atoms with Crippen LogP contribution in [0.1, 0.15) is 5.69 Å². The summed E-state index contributed by atoms with van der Waals surface area (Å²) in [6.07, 6.45) is 1.95. The highest BCUT2D eigenvalue weighted by molar-refractivity contribution is 9.10. The quantitative estimate of drug-likeness (QED) is 0.720. The van der Waals surface area contributed by atoms with Crippen LogP contribution in [0.25, 0.3) is 16.9 Å². The molecule has 0 spiro atoms. The van der Waals surface area contributed by atoms with E-state index in [1.807, 2.05) is 28.8 Å². The first-order valence-corrected chi connectivity index (χ1v) is 7.47. The molecule has 2 heterocycles. The van der Waals surface area contributed by atoms with Crippen LogP contribution >= 0.6 is 39.1 Å². The van der Waals surface area contributed by atoms with Crippen LogP contribution in [0, 0.1) is 0 Å². The maximum absolute atomic E-state index is 6.08. The molecule has 20 heavy (non-hydrogen) atoms. The molecule has 0 aliphatic heterocycles. The molecule has 0 radical (unpaired) electrons. The van der Waals surface area contributed by atoms with Gasteiger partial charge in [-0.1, -0.05) is 29.3 Å². The van der Waals surface area contributed by atoms with Crippen molar-refractivity contribution in [2.75, 3.05) is 0 Å². The first-order valence-electron chi connectivity index (χ1n) is 5.92. The second-order valence-electron chi connectivity index (χ2n) is 4.32. The zero-order chi connectivity index (χ0) is 14.3. The number of imidazole rings is 1. The zero-order valence-electron chi connectivity index (χ0n) is 10.3. The molecule has 3 rings (SSSR count). The third-order valence-electron chi connectivity index (χ3n) is 3.07. The van der Waals surface area contributed by atoms with Crippen molar-refractivity contribution < 1.29 is 0 Å². The molecule has 102 valence electrons. The van der Waals surface area contributed by atoms with Crippen molar-refractivity contribution in [3.63, 3.8) is 0 Å². The number of rotatable bonds is 2. The molecule has 2 N–H and O–H groups in total. The van der Waals surface area contributed by atoms with Gasteiger partial charge < -0.3 is 10.1 Å². The second kappa shape index (κ2) is 5.37. The summed E-state index contributed by atoms with van der Waals surface area (Å²) < 4.78 is 2.94. The molecule has 0 saturated carbocycles. The van der Waals surface area contributed by atoms with Gasteiger partial charge in [-0.25, -0.2) is 4.98 Å². The van der Waals surface area contributed by atoms with Gasteiger partial charge in [0.25, 0.3) is 0 Å². The smallest absolute Gasteiger partial charge is 0.137 e. The van der Waals surface area contributed by atoms with E-state index in [4.69, 9.17) is 28.9 Å². The Kier molecular flexibility index (Phi) is 3.73. The molecule has 0 atom stereocenters. The van der Waals surface area contributed by atoms with E-state index in [1.54, 1.807) is 12.1 Å². The Balaban J connectivity index is 2.27. The maximum atomic E-state index is 6.08. The normalized spacial score (nSPS) is 11.2. The van der Waals surface area contributed by atoms with E-state index in [-0.39, 0.29) is 0 Å². The molecule has 0 aliphatic rings. The molecule has 0 amide bonds. The van der Waals surface area contributed by atoms with Gasteiger partial charge in [0.05, 0.1) is 21.4 Å². The first kappa shape index (κ1) is 13.9. The van der Waals surface area contributed by atoms with E-state index in [0.29, 0.717) is 16.6 Å². The average molecular weight is 371 g/mol.